The molecule has 3 rings (SSSR count). The van der Waals surface area contributed by atoms with Crippen molar-refractivity contribution in [3.05, 3.63) is 48.0 Å². The van der Waals surface area contributed by atoms with Crippen LogP contribution in [0.2, 0.25) is 5.28 Å². The van der Waals surface area contributed by atoms with E-state index >= 15 is 0 Å². The van der Waals surface area contributed by atoms with Crippen LogP contribution >= 0.6 is 11.6 Å². The van der Waals surface area contributed by atoms with E-state index < -0.39 is 0 Å². The van der Waals surface area contributed by atoms with Crippen LogP contribution in [-0.4, -0.2) is 14.5 Å². The number of nitrogens with zero attached hydrogens (tertiary/aromatic N) is 3. The van der Waals surface area contributed by atoms with Crippen LogP contribution in [0.25, 0.3) is 10.9 Å². The van der Waals surface area contributed by atoms with E-state index in [9.17, 15) is 0 Å². The minimum atomic E-state index is 0.236. The number of halogens is 1. The second kappa shape index (κ2) is 4.31. The summed E-state index contributed by atoms with van der Waals surface area (Å²) < 4.78 is 2.08. The minimum absolute atomic E-state index is 0.236. The molecule has 4 nitrogen and oxygen atoms in total. The molecule has 0 saturated carbocycles. The molecule has 0 spiro atoms. The van der Waals surface area contributed by atoms with Gasteiger partial charge in [0.05, 0.1) is 0 Å². The molecule has 0 aliphatic heterocycles. The van der Waals surface area contributed by atoms with Crippen LogP contribution in [0.5, 0.6) is 0 Å². The first kappa shape index (κ1) is 11.0. The van der Waals surface area contributed by atoms with Crippen LogP contribution in [0.1, 0.15) is 0 Å². The molecule has 2 heterocycles. The van der Waals surface area contributed by atoms with Gasteiger partial charge in [0.1, 0.15) is 5.82 Å². The van der Waals surface area contributed by atoms with E-state index in [0.29, 0.717) is 5.82 Å². The van der Waals surface area contributed by atoms with Gasteiger partial charge in [0.15, 0.2) is 0 Å². The average molecular weight is 259 g/mol. The molecule has 0 atom stereocenters. The van der Waals surface area contributed by atoms with Crippen LogP contribution in [0, 0.1) is 0 Å². The van der Waals surface area contributed by atoms with Crippen molar-refractivity contribution < 1.29 is 0 Å². The first-order valence-electron chi connectivity index (χ1n) is 5.54. The first-order valence-corrected chi connectivity index (χ1v) is 5.91. The number of benzene rings is 1. The second-order valence-electron chi connectivity index (χ2n) is 4.00. The van der Waals surface area contributed by atoms with E-state index in [4.69, 9.17) is 11.6 Å². The highest BCUT2D eigenvalue weighted by Gasteiger charge is 2.04. The molecular weight excluding hydrogens is 248 g/mol. The third-order valence-electron chi connectivity index (χ3n) is 2.82. The fourth-order valence-corrected chi connectivity index (χ4v) is 2.10. The Balaban J connectivity index is 2.05. The zero-order valence-electron chi connectivity index (χ0n) is 9.76. The maximum Gasteiger partial charge on any atom is 0.224 e. The SMILES string of the molecule is Cn1ccc2c(Nc3ccnc(Cl)n3)cccc21. The van der Waals surface area contributed by atoms with Crippen molar-refractivity contribution in [1.82, 2.24) is 14.5 Å². The molecule has 0 radical (unpaired) electrons. The predicted molar refractivity (Wildman–Crippen MR) is 73.2 cm³/mol. The highest BCUT2D eigenvalue weighted by Crippen LogP contribution is 2.26. The largest absolute Gasteiger partial charge is 0.350 e. The van der Waals surface area contributed by atoms with Crippen molar-refractivity contribution in [2.75, 3.05) is 5.32 Å². The molecule has 0 bridgehead atoms. The molecule has 1 aromatic carbocycles. The van der Waals surface area contributed by atoms with E-state index in [-0.39, 0.29) is 5.28 Å². The summed E-state index contributed by atoms with van der Waals surface area (Å²) in [5.74, 6) is 0.686. The Bertz CT molecular complexity index is 705. The molecule has 1 N–H and O–H groups in total. The fourth-order valence-electron chi connectivity index (χ4n) is 1.95. The maximum atomic E-state index is 5.77. The van der Waals surface area contributed by atoms with Gasteiger partial charge in [0.2, 0.25) is 5.28 Å². The van der Waals surface area contributed by atoms with Gasteiger partial charge >= 0.3 is 0 Å². The fraction of sp³-hybridized carbons (Fsp3) is 0.0769. The number of aryl methyl sites for hydroxylation is 1. The summed E-state index contributed by atoms with van der Waals surface area (Å²) in [7, 11) is 2.02. The van der Waals surface area contributed by atoms with Crippen molar-refractivity contribution in [2.24, 2.45) is 7.05 Å². The van der Waals surface area contributed by atoms with Gasteiger partial charge in [-0.2, -0.15) is 0 Å². The van der Waals surface area contributed by atoms with Crippen molar-refractivity contribution in [2.45, 2.75) is 0 Å². The summed E-state index contributed by atoms with van der Waals surface area (Å²) in [5, 5.41) is 4.64. The molecule has 3 aromatic rings. The summed E-state index contributed by atoms with van der Waals surface area (Å²) in [5.41, 5.74) is 2.17. The zero-order valence-corrected chi connectivity index (χ0v) is 10.5. The van der Waals surface area contributed by atoms with Gasteiger partial charge in [0.25, 0.3) is 0 Å². The Kier molecular flexibility index (Phi) is 2.64. The number of hydrogen-bond donors (Lipinski definition) is 1. The summed E-state index contributed by atoms with van der Waals surface area (Å²) in [6, 6.07) is 9.95. The van der Waals surface area contributed by atoms with Gasteiger partial charge in [0, 0.05) is 36.0 Å². The number of rotatable bonds is 2. The third kappa shape index (κ3) is 1.91. The van der Waals surface area contributed by atoms with Crippen LogP contribution in [0.3, 0.4) is 0 Å². The molecule has 18 heavy (non-hydrogen) atoms. The molecular formula is C13H11ClN4. The molecule has 2 aromatic heterocycles. The smallest absolute Gasteiger partial charge is 0.224 e. The quantitative estimate of drug-likeness (QED) is 0.717. The Morgan fingerprint density at radius 1 is 1.22 bits per heavy atom. The summed E-state index contributed by atoms with van der Waals surface area (Å²) in [4.78, 5) is 7.98. The number of fused-ring (bicyclic) bond motifs is 1. The van der Waals surface area contributed by atoms with Gasteiger partial charge in [-0.05, 0) is 35.9 Å². The van der Waals surface area contributed by atoms with Gasteiger partial charge < -0.3 is 9.88 Å². The van der Waals surface area contributed by atoms with Crippen molar-refractivity contribution in [1.29, 1.82) is 0 Å². The van der Waals surface area contributed by atoms with Gasteiger partial charge in [-0.3, -0.25) is 0 Å². The van der Waals surface area contributed by atoms with Crippen LogP contribution in [-0.2, 0) is 7.05 Å². The minimum Gasteiger partial charge on any atom is -0.350 e. The lowest BCUT2D eigenvalue weighted by Gasteiger charge is -2.07. The molecule has 0 unspecified atom stereocenters. The van der Waals surface area contributed by atoms with Crippen molar-refractivity contribution >= 4 is 34.0 Å². The van der Waals surface area contributed by atoms with Gasteiger partial charge in [-0.15, -0.1) is 0 Å². The van der Waals surface area contributed by atoms with E-state index in [2.05, 4.69) is 32.0 Å². The van der Waals surface area contributed by atoms with Crippen LogP contribution in [0.15, 0.2) is 42.7 Å². The second-order valence-corrected chi connectivity index (χ2v) is 4.34. The highest BCUT2D eigenvalue weighted by molar-refractivity contribution is 6.28. The van der Waals surface area contributed by atoms with Crippen molar-refractivity contribution in [3.8, 4) is 0 Å². The first-order chi connectivity index (χ1) is 8.74. The zero-order chi connectivity index (χ0) is 12.5. The number of hydrogen-bond acceptors (Lipinski definition) is 3. The summed E-state index contributed by atoms with van der Waals surface area (Å²) in [6.45, 7) is 0. The predicted octanol–water partition coefficient (Wildman–Crippen LogP) is 3.37. The lowest BCUT2D eigenvalue weighted by Crippen LogP contribution is -1.95. The number of nitrogens with one attached hydrogen (secondary N) is 1. The summed E-state index contributed by atoms with van der Waals surface area (Å²) in [6.07, 6.45) is 3.66. The molecule has 0 aliphatic carbocycles. The molecule has 0 aliphatic rings. The lowest BCUT2D eigenvalue weighted by atomic mass is 10.2. The molecule has 0 amide bonds. The summed E-state index contributed by atoms with van der Waals surface area (Å²) >= 11 is 5.77. The normalized spacial score (nSPS) is 10.8. The lowest BCUT2D eigenvalue weighted by molar-refractivity contribution is 0.969. The van der Waals surface area contributed by atoms with Crippen LogP contribution < -0.4 is 5.32 Å². The Hall–Kier alpha value is -2.07. The maximum absolute atomic E-state index is 5.77. The third-order valence-corrected chi connectivity index (χ3v) is 3.00. The monoisotopic (exact) mass is 258 g/mol. The Morgan fingerprint density at radius 3 is 2.94 bits per heavy atom. The van der Waals surface area contributed by atoms with Gasteiger partial charge in [-0.1, -0.05) is 6.07 Å². The molecule has 90 valence electrons. The molecule has 0 fully saturated rings. The van der Waals surface area contributed by atoms with Crippen molar-refractivity contribution in [3.63, 3.8) is 0 Å². The van der Waals surface area contributed by atoms with E-state index in [1.807, 2.05) is 25.4 Å². The number of aromatic nitrogens is 3. The standard InChI is InChI=1S/C13H11ClN4/c1-18-8-6-9-10(3-2-4-11(9)18)16-12-5-7-15-13(14)17-12/h2-8H,1H3,(H,15,16,17). The van der Waals surface area contributed by atoms with E-state index in [0.717, 1.165) is 11.1 Å². The topological polar surface area (TPSA) is 42.7 Å². The Labute approximate surface area is 109 Å². The Morgan fingerprint density at radius 2 is 2.11 bits per heavy atom. The van der Waals surface area contributed by atoms with Crippen LogP contribution in [0.4, 0.5) is 11.5 Å². The molecule has 0 saturated heterocycles. The number of anilines is 2. The van der Waals surface area contributed by atoms with E-state index in [1.54, 1.807) is 12.3 Å². The highest BCUT2D eigenvalue weighted by atomic mass is 35.5. The average Bonchev–Trinajstić information content (AvgIpc) is 2.73. The van der Waals surface area contributed by atoms with Gasteiger partial charge in [-0.25, -0.2) is 9.97 Å². The van der Waals surface area contributed by atoms with E-state index in [1.165, 1.54) is 5.52 Å². The molecule has 5 heteroatoms.